The fraction of sp³-hybridized carbons (Fsp3) is 0.150. The van der Waals surface area contributed by atoms with Crippen molar-refractivity contribution in [2.24, 2.45) is 0 Å². The fourth-order valence-corrected chi connectivity index (χ4v) is 2.77. The highest BCUT2D eigenvalue weighted by molar-refractivity contribution is 9.10. The van der Waals surface area contributed by atoms with Crippen LogP contribution in [0.15, 0.2) is 57.5 Å². The third-order valence-corrected chi connectivity index (χ3v) is 4.48. The van der Waals surface area contributed by atoms with Crippen molar-refractivity contribution in [3.63, 3.8) is 0 Å². The van der Waals surface area contributed by atoms with Crippen LogP contribution in [0.4, 0.5) is 5.69 Å². The van der Waals surface area contributed by atoms with Crippen LogP contribution in [-0.2, 0) is 4.79 Å². The van der Waals surface area contributed by atoms with E-state index in [2.05, 4.69) is 31.7 Å². The van der Waals surface area contributed by atoms with Gasteiger partial charge in [0.2, 0.25) is 5.91 Å². The monoisotopic (exact) mass is 459 g/mol. The van der Waals surface area contributed by atoms with Crippen molar-refractivity contribution in [3.8, 4) is 22.8 Å². The molecule has 0 aliphatic rings. The van der Waals surface area contributed by atoms with Crippen molar-refractivity contribution in [2.75, 3.05) is 26.1 Å². The number of amides is 2. The second-order valence-electron chi connectivity index (χ2n) is 5.88. The Balaban J connectivity index is 1.63. The molecule has 0 bridgehead atoms. The van der Waals surface area contributed by atoms with Crippen molar-refractivity contribution >= 4 is 33.4 Å². The molecular formula is C20H18BrN3O5. The van der Waals surface area contributed by atoms with Crippen LogP contribution >= 0.6 is 15.9 Å². The van der Waals surface area contributed by atoms with E-state index in [-0.39, 0.29) is 18.1 Å². The lowest BCUT2D eigenvalue weighted by atomic mass is 10.1. The number of benzene rings is 2. The minimum Gasteiger partial charge on any atom is -0.497 e. The number of hydrogen-bond acceptors (Lipinski definition) is 6. The van der Waals surface area contributed by atoms with Gasteiger partial charge in [0.1, 0.15) is 11.5 Å². The van der Waals surface area contributed by atoms with E-state index in [1.807, 2.05) is 0 Å². The highest BCUT2D eigenvalue weighted by Gasteiger charge is 2.17. The van der Waals surface area contributed by atoms with Gasteiger partial charge in [0.15, 0.2) is 11.5 Å². The summed E-state index contributed by atoms with van der Waals surface area (Å²) in [7, 11) is 3.07. The molecule has 1 aromatic heterocycles. The summed E-state index contributed by atoms with van der Waals surface area (Å²) in [6.45, 7) is -0.209. The molecule has 0 spiro atoms. The third-order valence-electron chi connectivity index (χ3n) is 3.95. The van der Waals surface area contributed by atoms with Crippen LogP contribution in [0, 0.1) is 0 Å². The molecule has 2 N–H and O–H groups in total. The largest absolute Gasteiger partial charge is 0.497 e. The summed E-state index contributed by atoms with van der Waals surface area (Å²) in [5.74, 6) is 0.590. The molecule has 3 rings (SSSR count). The van der Waals surface area contributed by atoms with Crippen molar-refractivity contribution in [1.82, 2.24) is 10.5 Å². The number of carbonyl (C=O) groups excluding carboxylic acids is 2. The normalized spacial score (nSPS) is 10.3. The van der Waals surface area contributed by atoms with Gasteiger partial charge in [-0.3, -0.25) is 9.59 Å². The maximum Gasteiger partial charge on any atom is 0.273 e. The number of anilines is 1. The van der Waals surface area contributed by atoms with Crippen LogP contribution in [-0.4, -0.2) is 37.7 Å². The Morgan fingerprint density at radius 1 is 1.07 bits per heavy atom. The summed E-state index contributed by atoms with van der Waals surface area (Å²) in [5.41, 5.74) is 1.26. The van der Waals surface area contributed by atoms with Crippen LogP contribution < -0.4 is 20.1 Å². The van der Waals surface area contributed by atoms with Gasteiger partial charge >= 0.3 is 0 Å². The van der Waals surface area contributed by atoms with Gasteiger partial charge < -0.3 is 24.6 Å². The van der Waals surface area contributed by atoms with Gasteiger partial charge in [-0.25, -0.2) is 0 Å². The lowest BCUT2D eigenvalue weighted by molar-refractivity contribution is -0.115. The lowest BCUT2D eigenvalue weighted by Gasteiger charge is -2.07. The molecule has 9 heteroatoms. The highest BCUT2D eigenvalue weighted by Crippen LogP contribution is 2.33. The van der Waals surface area contributed by atoms with Gasteiger partial charge in [-0.2, -0.15) is 0 Å². The molecule has 150 valence electrons. The zero-order valence-corrected chi connectivity index (χ0v) is 17.3. The summed E-state index contributed by atoms with van der Waals surface area (Å²) in [6, 6.07) is 13.8. The van der Waals surface area contributed by atoms with E-state index in [0.717, 1.165) is 4.47 Å². The number of nitrogens with zero attached hydrogens (tertiary/aromatic N) is 1. The van der Waals surface area contributed by atoms with E-state index in [0.29, 0.717) is 28.5 Å². The number of aromatic nitrogens is 1. The number of hydrogen-bond donors (Lipinski definition) is 2. The molecule has 0 aliphatic heterocycles. The number of carbonyl (C=O) groups is 2. The van der Waals surface area contributed by atoms with E-state index in [1.165, 1.54) is 13.2 Å². The molecule has 0 fully saturated rings. The molecule has 0 radical (unpaired) electrons. The predicted octanol–water partition coefficient (Wildman–Crippen LogP) is 3.49. The van der Waals surface area contributed by atoms with Gasteiger partial charge in [0.05, 0.1) is 26.3 Å². The maximum atomic E-state index is 12.3. The second-order valence-corrected chi connectivity index (χ2v) is 6.80. The zero-order valence-electron chi connectivity index (χ0n) is 15.7. The van der Waals surface area contributed by atoms with Crippen LogP contribution in [0.2, 0.25) is 0 Å². The Morgan fingerprint density at radius 3 is 2.52 bits per heavy atom. The van der Waals surface area contributed by atoms with E-state index < -0.39 is 5.91 Å². The summed E-state index contributed by atoms with van der Waals surface area (Å²) < 4.78 is 16.7. The van der Waals surface area contributed by atoms with E-state index in [4.69, 9.17) is 14.0 Å². The highest BCUT2D eigenvalue weighted by atomic mass is 79.9. The Kier molecular flexibility index (Phi) is 6.50. The maximum absolute atomic E-state index is 12.3. The van der Waals surface area contributed by atoms with Crippen LogP contribution in [0.1, 0.15) is 10.5 Å². The first-order valence-corrected chi connectivity index (χ1v) is 9.32. The second kappa shape index (κ2) is 9.24. The Hall–Kier alpha value is -3.33. The molecule has 0 unspecified atom stereocenters. The number of nitrogens with one attached hydrogen (secondary N) is 2. The minimum atomic E-state index is -0.534. The van der Waals surface area contributed by atoms with Crippen molar-refractivity contribution in [1.29, 1.82) is 0 Å². The molecule has 0 atom stereocenters. The Bertz CT molecular complexity index is 1020. The number of ether oxygens (including phenoxy) is 2. The molecule has 0 aliphatic carbocycles. The molecule has 29 heavy (non-hydrogen) atoms. The quantitative estimate of drug-likeness (QED) is 0.560. The zero-order chi connectivity index (χ0) is 20.8. The van der Waals surface area contributed by atoms with Gasteiger partial charge in [-0.05, 0) is 42.5 Å². The fourth-order valence-electron chi connectivity index (χ4n) is 2.51. The first-order chi connectivity index (χ1) is 14.0. The summed E-state index contributed by atoms with van der Waals surface area (Å²) in [5, 5.41) is 8.97. The van der Waals surface area contributed by atoms with Crippen LogP contribution in [0.5, 0.6) is 11.5 Å². The Morgan fingerprint density at radius 2 is 1.83 bits per heavy atom. The SMILES string of the molecule is COc1ccc(OC)c(-c2cc(C(=O)NCC(=O)Nc3ccc(Br)cc3)no2)c1. The molecule has 2 aromatic carbocycles. The molecule has 3 aromatic rings. The van der Waals surface area contributed by atoms with E-state index in [9.17, 15) is 9.59 Å². The van der Waals surface area contributed by atoms with Crippen molar-refractivity contribution < 1.29 is 23.6 Å². The van der Waals surface area contributed by atoms with Crippen LogP contribution in [0.25, 0.3) is 11.3 Å². The molecule has 1 heterocycles. The first-order valence-electron chi connectivity index (χ1n) is 8.53. The number of rotatable bonds is 7. The molecule has 0 saturated heterocycles. The third kappa shape index (κ3) is 5.14. The summed E-state index contributed by atoms with van der Waals surface area (Å²) >= 11 is 3.32. The lowest BCUT2D eigenvalue weighted by Crippen LogP contribution is -2.33. The van der Waals surface area contributed by atoms with Gasteiger partial charge in [-0.1, -0.05) is 21.1 Å². The number of halogens is 1. The van der Waals surface area contributed by atoms with Crippen molar-refractivity contribution in [2.45, 2.75) is 0 Å². The summed E-state index contributed by atoms with van der Waals surface area (Å²) in [6.07, 6.45) is 0. The Labute approximate surface area is 175 Å². The average molecular weight is 460 g/mol. The molecule has 2 amide bonds. The van der Waals surface area contributed by atoms with Crippen LogP contribution in [0.3, 0.4) is 0 Å². The average Bonchev–Trinajstić information content (AvgIpc) is 3.23. The van der Waals surface area contributed by atoms with Gasteiger partial charge in [0, 0.05) is 16.2 Å². The number of methoxy groups -OCH3 is 2. The predicted molar refractivity (Wildman–Crippen MR) is 110 cm³/mol. The van der Waals surface area contributed by atoms with Crippen molar-refractivity contribution in [3.05, 3.63) is 58.7 Å². The molecule has 0 saturated carbocycles. The molecule has 8 nitrogen and oxygen atoms in total. The molecular weight excluding hydrogens is 442 g/mol. The van der Waals surface area contributed by atoms with E-state index >= 15 is 0 Å². The smallest absolute Gasteiger partial charge is 0.273 e. The summed E-state index contributed by atoms with van der Waals surface area (Å²) in [4.78, 5) is 24.3. The standard InChI is InChI=1S/C20H18BrN3O5/c1-27-14-7-8-17(28-2)15(9-14)18-10-16(24-29-18)20(26)22-11-19(25)23-13-5-3-12(21)4-6-13/h3-10H,11H2,1-2H3,(H,22,26)(H,23,25). The first kappa shape index (κ1) is 20.4. The van der Waals surface area contributed by atoms with Gasteiger partial charge in [-0.15, -0.1) is 0 Å². The minimum absolute atomic E-state index is 0.0429. The van der Waals surface area contributed by atoms with E-state index in [1.54, 1.807) is 49.6 Å². The topological polar surface area (TPSA) is 103 Å². The van der Waals surface area contributed by atoms with Gasteiger partial charge in [0.25, 0.3) is 5.91 Å².